The van der Waals surface area contributed by atoms with E-state index >= 15 is 0 Å². The van der Waals surface area contributed by atoms with Crippen LogP contribution in [0.4, 0.5) is 4.39 Å². The third-order valence-electron chi connectivity index (χ3n) is 4.34. The fourth-order valence-electron chi connectivity index (χ4n) is 3.16. The van der Waals surface area contributed by atoms with Gasteiger partial charge >= 0.3 is 0 Å². The van der Waals surface area contributed by atoms with Crippen molar-refractivity contribution in [3.05, 3.63) is 65.1 Å². The molecule has 4 nitrogen and oxygen atoms in total. The number of hydrogen-bond acceptors (Lipinski definition) is 4. The zero-order valence-electron chi connectivity index (χ0n) is 13.0. The van der Waals surface area contributed by atoms with Crippen LogP contribution in [-0.4, -0.2) is 26.4 Å². The number of benzene rings is 1. The Balaban J connectivity index is 1.63. The van der Waals surface area contributed by atoms with E-state index in [1.54, 1.807) is 18.3 Å². The van der Waals surface area contributed by atoms with Crippen LogP contribution >= 0.6 is 0 Å². The van der Waals surface area contributed by atoms with Crippen LogP contribution in [0.3, 0.4) is 0 Å². The monoisotopic (exact) mass is 308 g/mol. The molecular weight excluding hydrogens is 291 g/mol. The van der Waals surface area contributed by atoms with Crippen LogP contribution in [0.5, 0.6) is 0 Å². The first kappa shape index (κ1) is 14.2. The number of halogens is 1. The van der Waals surface area contributed by atoms with E-state index in [0.29, 0.717) is 5.39 Å². The summed E-state index contributed by atoms with van der Waals surface area (Å²) in [5, 5.41) is 0.584. The third kappa shape index (κ3) is 2.68. The summed E-state index contributed by atoms with van der Waals surface area (Å²) in [6.45, 7) is 4.41. The van der Waals surface area contributed by atoms with Crippen molar-refractivity contribution in [1.29, 1.82) is 0 Å². The van der Waals surface area contributed by atoms with Crippen LogP contribution in [0.2, 0.25) is 0 Å². The molecule has 2 aromatic heterocycles. The molecule has 1 aromatic carbocycles. The minimum atomic E-state index is -0.218. The second-order valence-corrected chi connectivity index (χ2v) is 5.96. The first-order chi connectivity index (χ1) is 11.2. The molecule has 0 amide bonds. The number of hydrogen-bond donors (Lipinski definition) is 0. The highest BCUT2D eigenvalue weighted by atomic mass is 19.1. The Hall–Kier alpha value is -2.40. The standard InChI is InChI=1S/C18H17FN4/c1-12-21-9-13-6-8-23(11-17(13)22-12)10-14-4-5-16(19)15-3-2-7-20-18(14)15/h2-5,7,9H,6,8,10-11H2,1H3. The fraction of sp³-hybridized carbons (Fsp3) is 0.278. The number of fused-ring (bicyclic) bond motifs is 2. The molecule has 0 N–H and O–H groups in total. The van der Waals surface area contributed by atoms with Crippen molar-refractivity contribution in [2.45, 2.75) is 26.4 Å². The van der Waals surface area contributed by atoms with Crippen molar-refractivity contribution in [2.24, 2.45) is 0 Å². The Morgan fingerprint density at radius 3 is 3.04 bits per heavy atom. The van der Waals surface area contributed by atoms with Crippen molar-refractivity contribution in [1.82, 2.24) is 19.9 Å². The van der Waals surface area contributed by atoms with Gasteiger partial charge in [-0.1, -0.05) is 6.07 Å². The van der Waals surface area contributed by atoms with Crippen LogP contribution < -0.4 is 0 Å². The molecule has 0 unspecified atom stereocenters. The predicted molar refractivity (Wildman–Crippen MR) is 86.3 cm³/mol. The fourth-order valence-corrected chi connectivity index (χ4v) is 3.16. The van der Waals surface area contributed by atoms with Crippen LogP contribution in [0.1, 0.15) is 22.6 Å². The SMILES string of the molecule is Cc1ncc2c(n1)CN(Cc1ccc(F)c3cccnc13)CC2. The molecular formula is C18H17FN4. The lowest BCUT2D eigenvalue weighted by molar-refractivity contribution is 0.241. The molecule has 0 saturated heterocycles. The highest BCUT2D eigenvalue weighted by Crippen LogP contribution is 2.23. The van der Waals surface area contributed by atoms with Crippen LogP contribution in [-0.2, 0) is 19.5 Å². The second-order valence-electron chi connectivity index (χ2n) is 5.96. The normalized spacial score (nSPS) is 14.9. The van der Waals surface area contributed by atoms with E-state index in [4.69, 9.17) is 0 Å². The van der Waals surface area contributed by atoms with E-state index in [-0.39, 0.29) is 5.82 Å². The van der Waals surface area contributed by atoms with Crippen molar-refractivity contribution in [3.8, 4) is 0 Å². The van der Waals surface area contributed by atoms with Gasteiger partial charge in [-0.15, -0.1) is 0 Å². The molecule has 1 aliphatic rings. The Bertz CT molecular complexity index is 878. The summed E-state index contributed by atoms with van der Waals surface area (Å²) in [6.07, 6.45) is 4.60. The van der Waals surface area contributed by atoms with Crippen molar-refractivity contribution < 1.29 is 4.39 Å². The lowest BCUT2D eigenvalue weighted by atomic mass is 10.0. The molecule has 0 radical (unpaired) electrons. The van der Waals surface area contributed by atoms with Gasteiger partial charge in [-0.3, -0.25) is 9.88 Å². The van der Waals surface area contributed by atoms with E-state index in [2.05, 4.69) is 19.9 Å². The highest BCUT2D eigenvalue weighted by Gasteiger charge is 2.19. The average molecular weight is 308 g/mol. The zero-order valence-corrected chi connectivity index (χ0v) is 13.0. The van der Waals surface area contributed by atoms with Crippen LogP contribution in [0, 0.1) is 12.7 Å². The van der Waals surface area contributed by atoms with Gasteiger partial charge in [0.1, 0.15) is 11.6 Å². The molecule has 116 valence electrons. The molecule has 0 atom stereocenters. The maximum atomic E-state index is 13.9. The summed E-state index contributed by atoms with van der Waals surface area (Å²) < 4.78 is 13.9. The summed E-state index contributed by atoms with van der Waals surface area (Å²) >= 11 is 0. The molecule has 0 fully saturated rings. The van der Waals surface area contributed by atoms with Gasteiger partial charge in [-0.25, -0.2) is 14.4 Å². The number of rotatable bonds is 2. The maximum Gasteiger partial charge on any atom is 0.132 e. The maximum absolute atomic E-state index is 13.9. The third-order valence-corrected chi connectivity index (χ3v) is 4.34. The quantitative estimate of drug-likeness (QED) is 0.730. The van der Waals surface area contributed by atoms with Gasteiger partial charge in [0.05, 0.1) is 11.2 Å². The average Bonchev–Trinajstić information content (AvgIpc) is 2.57. The first-order valence-corrected chi connectivity index (χ1v) is 7.76. The van der Waals surface area contributed by atoms with Gasteiger partial charge in [0.2, 0.25) is 0 Å². The molecule has 0 bridgehead atoms. The molecule has 0 saturated carbocycles. The van der Waals surface area contributed by atoms with Crippen molar-refractivity contribution in [2.75, 3.05) is 6.54 Å². The molecule has 0 aliphatic carbocycles. The van der Waals surface area contributed by atoms with E-state index in [9.17, 15) is 4.39 Å². The van der Waals surface area contributed by atoms with Gasteiger partial charge in [-0.05, 0) is 42.7 Å². The van der Waals surface area contributed by atoms with Gasteiger partial charge in [0, 0.05) is 37.4 Å². The summed E-state index contributed by atoms with van der Waals surface area (Å²) in [7, 11) is 0. The lowest BCUT2D eigenvalue weighted by Gasteiger charge is -2.28. The van der Waals surface area contributed by atoms with Crippen LogP contribution in [0.25, 0.3) is 10.9 Å². The van der Waals surface area contributed by atoms with Gasteiger partial charge in [0.25, 0.3) is 0 Å². The molecule has 3 heterocycles. The molecule has 3 aromatic rings. The Kier molecular flexibility index (Phi) is 3.50. The van der Waals surface area contributed by atoms with E-state index < -0.39 is 0 Å². The van der Waals surface area contributed by atoms with Crippen molar-refractivity contribution in [3.63, 3.8) is 0 Å². The topological polar surface area (TPSA) is 41.9 Å². The van der Waals surface area contributed by atoms with E-state index in [1.807, 2.05) is 19.2 Å². The molecule has 0 spiro atoms. The van der Waals surface area contributed by atoms with Gasteiger partial charge in [0.15, 0.2) is 0 Å². The Labute approximate surface area is 134 Å². The molecule has 4 rings (SSSR count). The molecule has 1 aliphatic heterocycles. The van der Waals surface area contributed by atoms with Gasteiger partial charge in [-0.2, -0.15) is 0 Å². The zero-order chi connectivity index (χ0) is 15.8. The summed E-state index contributed by atoms with van der Waals surface area (Å²) in [5.41, 5.74) is 4.13. The highest BCUT2D eigenvalue weighted by molar-refractivity contribution is 5.82. The first-order valence-electron chi connectivity index (χ1n) is 7.76. The van der Waals surface area contributed by atoms with Gasteiger partial charge < -0.3 is 0 Å². The van der Waals surface area contributed by atoms with E-state index in [1.165, 1.54) is 11.6 Å². The number of pyridine rings is 1. The minimum absolute atomic E-state index is 0.218. The Morgan fingerprint density at radius 1 is 1.22 bits per heavy atom. The predicted octanol–water partition coefficient (Wildman–Crippen LogP) is 3.03. The second kappa shape index (κ2) is 5.66. The number of aryl methyl sites for hydroxylation is 1. The number of aromatic nitrogens is 3. The summed E-state index contributed by atoms with van der Waals surface area (Å²) in [5.74, 6) is 0.587. The molecule has 23 heavy (non-hydrogen) atoms. The van der Waals surface area contributed by atoms with Crippen LogP contribution in [0.15, 0.2) is 36.7 Å². The number of nitrogens with zero attached hydrogens (tertiary/aromatic N) is 4. The molecule has 5 heteroatoms. The largest absolute Gasteiger partial charge is 0.293 e. The van der Waals surface area contributed by atoms with Crippen molar-refractivity contribution >= 4 is 10.9 Å². The van der Waals surface area contributed by atoms with E-state index in [0.717, 1.165) is 48.7 Å². The minimum Gasteiger partial charge on any atom is -0.293 e. The summed E-state index contributed by atoms with van der Waals surface area (Å²) in [4.78, 5) is 15.5. The summed E-state index contributed by atoms with van der Waals surface area (Å²) in [6, 6.07) is 6.92. The smallest absolute Gasteiger partial charge is 0.132 e. The Morgan fingerprint density at radius 2 is 2.13 bits per heavy atom. The lowest BCUT2D eigenvalue weighted by Crippen LogP contribution is -2.31.